The fourth-order valence-corrected chi connectivity index (χ4v) is 14.0. The molecular weight excluding hydrogens is 1470 g/mol. The number of aromatic hydroxyl groups is 1. The fourth-order valence-electron chi connectivity index (χ4n) is 11.6. The Labute approximate surface area is 647 Å². The Morgan fingerprint density at radius 3 is 1.69 bits per heavy atom. The molecule has 0 aliphatic carbocycles. The highest BCUT2D eigenvalue weighted by atomic mass is 33.1. The van der Waals surface area contributed by atoms with E-state index in [1.807, 2.05) is 0 Å². The topological polar surface area (TPSA) is 675 Å². The van der Waals surface area contributed by atoms with Gasteiger partial charge < -0.3 is 126 Å². The van der Waals surface area contributed by atoms with Crippen molar-refractivity contribution in [3.05, 3.63) is 65.7 Å². The van der Waals surface area contributed by atoms with E-state index in [1.54, 1.807) is 56.3 Å². The zero-order valence-electron chi connectivity index (χ0n) is 62.3. The Bertz CT molecular complexity index is 3460. The molecule has 41 heteroatoms. The molecule has 0 spiro atoms. The van der Waals surface area contributed by atoms with Crippen LogP contribution in [0.2, 0.25) is 0 Å². The molecule has 0 radical (unpaired) electrons. The molecule has 2 aromatic carbocycles. The maximum Gasteiger partial charge on any atom is 0.245 e. The number of primary amides is 1. The van der Waals surface area contributed by atoms with Gasteiger partial charge in [-0.2, -0.15) is 0 Å². The first-order chi connectivity index (χ1) is 52.4. The second-order valence-corrected chi connectivity index (χ2v) is 29.5. The number of unbranched alkanes of at least 4 members (excludes halogenated alkanes) is 2. The number of nitrogens with one attached hydrogen (secondary N) is 11. The smallest absolute Gasteiger partial charge is 0.245 e. The van der Waals surface area contributed by atoms with Gasteiger partial charge in [0.1, 0.15) is 66.2 Å². The van der Waals surface area contributed by atoms with Crippen molar-refractivity contribution < 1.29 is 67.4 Å². The average Bonchev–Trinajstić information content (AvgIpc) is 1.61. The van der Waals surface area contributed by atoms with Crippen LogP contribution in [-0.4, -0.2) is 235 Å². The van der Waals surface area contributed by atoms with Crippen molar-refractivity contribution in [2.24, 2.45) is 78.2 Å². The summed E-state index contributed by atoms with van der Waals surface area (Å²) in [6, 6.07) is -0.241. The molecule has 11 atom stereocenters. The Kier molecular flexibility index (Phi) is 41.6. The van der Waals surface area contributed by atoms with Gasteiger partial charge in [0.05, 0.1) is 19.1 Å². The molecule has 13 amide bonds. The standard InChI is InChI=1S/C69H113N25O14S2/c1-39(2)32-49(91-62(104)50(34-40-14-4-3-5-15-40)85-55(97)36-83-54(96)35-84-57(99)43(72)33-41-22-24-42(95)25-23-41)61(103)88-46(18-10-28-80-67(74)75)58(100)87-47(19-11-29-81-68(76)77)60(102)93-52-38-110-109-37-51(63(105)86-44(56(73)98)16-6-8-26-70)92-59(101)45(17-7-9-27-71)89-65(107)53-21-13-31-94(53)66(108)48(90-64(52)106)20-12-30-82-69(78)79/h3-5,14-15,22-25,39,43-53,95H,6-13,16-21,26-38,70-72H2,1-2H3,(H2,73,98)(H,83,96)(H,84,99)(H,85,97)(H,86,105)(H,87,100)(H,88,103)(H,89,107)(H,90,106)(H,91,104)(H,92,101)(H,93,102)(H4,74,75,80)(H4,76,77,81)(H4,78,79,82)/t43-,44-,45-,46-,47-,48-,49-,50-,51+,52+,53-/m0/s1. The molecule has 0 unspecified atom stereocenters. The zero-order valence-corrected chi connectivity index (χ0v) is 64.0. The minimum atomic E-state index is -1.59. The Hall–Kier alpha value is -10.3. The molecule has 0 saturated carbocycles. The van der Waals surface area contributed by atoms with Crippen LogP contribution in [0, 0.1) is 5.92 Å². The normalized spacial score (nSPS) is 18.5. The molecular formula is C69H113N25O14S2. The molecule has 2 heterocycles. The van der Waals surface area contributed by atoms with Crippen molar-refractivity contribution in [1.29, 1.82) is 0 Å². The number of nitrogens with zero attached hydrogens (tertiary/aromatic N) is 4. The summed E-state index contributed by atoms with van der Waals surface area (Å²) in [5, 5.41) is 38.8. The Morgan fingerprint density at radius 1 is 0.545 bits per heavy atom. The number of fused-ring (bicyclic) bond motifs is 1. The summed E-state index contributed by atoms with van der Waals surface area (Å²) in [6.07, 6.45) is 2.12. The predicted molar refractivity (Wildman–Crippen MR) is 417 cm³/mol. The van der Waals surface area contributed by atoms with Gasteiger partial charge in [0.15, 0.2) is 17.9 Å². The number of phenols is 1. The highest BCUT2D eigenvalue weighted by molar-refractivity contribution is 8.76. The van der Waals surface area contributed by atoms with E-state index < -0.39 is 156 Å². The maximum atomic E-state index is 15.1. The number of hydrogen-bond donors (Lipinski definition) is 22. The van der Waals surface area contributed by atoms with Crippen molar-refractivity contribution in [2.75, 3.05) is 63.9 Å². The third-order valence-corrected chi connectivity index (χ3v) is 19.9. The highest BCUT2D eigenvalue weighted by Gasteiger charge is 2.41. The van der Waals surface area contributed by atoms with Crippen molar-refractivity contribution in [1.82, 2.24) is 63.4 Å². The van der Waals surface area contributed by atoms with E-state index in [0.717, 1.165) is 21.6 Å². The van der Waals surface area contributed by atoms with Gasteiger partial charge in [-0.25, -0.2) is 0 Å². The molecule has 2 aliphatic heterocycles. The number of carbonyl (C=O) groups is 13. The first-order valence-electron chi connectivity index (χ1n) is 36.6. The molecule has 610 valence electrons. The van der Waals surface area contributed by atoms with Crippen LogP contribution in [0.25, 0.3) is 0 Å². The molecule has 2 aliphatic rings. The number of nitrogens with two attached hydrogens (primary N) is 10. The number of hydrogen-bond acceptors (Lipinski definition) is 22. The van der Waals surface area contributed by atoms with Crippen LogP contribution in [0.5, 0.6) is 5.75 Å². The minimum Gasteiger partial charge on any atom is -0.508 e. The highest BCUT2D eigenvalue weighted by Crippen LogP contribution is 2.26. The number of amides is 13. The number of phenolic OH excluding ortho intramolecular Hbond substituents is 1. The molecule has 2 aromatic rings. The van der Waals surface area contributed by atoms with Crippen LogP contribution in [0.3, 0.4) is 0 Å². The Balaban J connectivity index is 1.71. The molecule has 32 N–H and O–H groups in total. The van der Waals surface area contributed by atoms with Gasteiger partial charge in [0, 0.05) is 44.1 Å². The van der Waals surface area contributed by atoms with Crippen LogP contribution in [-0.2, 0) is 75.2 Å². The van der Waals surface area contributed by atoms with Gasteiger partial charge in [-0.05, 0) is 145 Å². The number of benzene rings is 2. The number of rotatable bonds is 43. The van der Waals surface area contributed by atoms with Gasteiger partial charge in [0.25, 0.3) is 0 Å². The van der Waals surface area contributed by atoms with Gasteiger partial charge in [-0.15, -0.1) is 0 Å². The Morgan fingerprint density at radius 2 is 1.08 bits per heavy atom. The summed E-state index contributed by atoms with van der Waals surface area (Å²) in [6.45, 7) is 2.84. The summed E-state index contributed by atoms with van der Waals surface area (Å²) >= 11 is 0. The van der Waals surface area contributed by atoms with E-state index in [9.17, 15) is 57.8 Å². The van der Waals surface area contributed by atoms with E-state index in [0.29, 0.717) is 49.8 Å². The number of guanidine groups is 3. The van der Waals surface area contributed by atoms with Crippen LogP contribution in [0.4, 0.5) is 0 Å². The molecule has 0 aromatic heterocycles. The van der Waals surface area contributed by atoms with Crippen molar-refractivity contribution in [3.63, 3.8) is 0 Å². The molecule has 39 nitrogen and oxygen atoms in total. The third kappa shape index (κ3) is 35.0. The van der Waals surface area contributed by atoms with E-state index in [2.05, 4.69) is 73.5 Å². The quantitative estimate of drug-likeness (QED) is 0.0127. The molecule has 2 fully saturated rings. The van der Waals surface area contributed by atoms with E-state index >= 15 is 9.59 Å². The van der Waals surface area contributed by atoms with E-state index in [-0.39, 0.29) is 151 Å². The first-order valence-corrected chi connectivity index (χ1v) is 39.1. The van der Waals surface area contributed by atoms with Gasteiger partial charge in [0.2, 0.25) is 76.8 Å². The van der Waals surface area contributed by atoms with Crippen LogP contribution >= 0.6 is 21.6 Å². The summed E-state index contributed by atoms with van der Waals surface area (Å²) < 4.78 is 0. The predicted octanol–water partition coefficient (Wildman–Crippen LogP) is -6.56. The van der Waals surface area contributed by atoms with E-state index in [4.69, 9.17) is 57.3 Å². The van der Waals surface area contributed by atoms with Gasteiger partial charge in [-0.1, -0.05) is 77.9 Å². The minimum absolute atomic E-state index is 0.0126. The second kappa shape index (κ2) is 49.7. The monoisotopic (exact) mass is 1580 g/mol. The van der Waals surface area contributed by atoms with Gasteiger partial charge >= 0.3 is 0 Å². The van der Waals surface area contributed by atoms with Crippen LogP contribution in [0.15, 0.2) is 69.6 Å². The molecule has 4 rings (SSSR count). The van der Waals surface area contributed by atoms with Gasteiger partial charge in [-0.3, -0.25) is 77.3 Å². The number of carbonyl (C=O) groups excluding carboxylic acids is 13. The lowest BCUT2D eigenvalue weighted by molar-refractivity contribution is -0.142. The molecule has 2 saturated heterocycles. The third-order valence-electron chi connectivity index (χ3n) is 17.4. The summed E-state index contributed by atoms with van der Waals surface area (Å²) in [4.78, 5) is 198. The van der Waals surface area contributed by atoms with E-state index in [1.165, 1.54) is 17.0 Å². The largest absolute Gasteiger partial charge is 0.508 e. The van der Waals surface area contributed by atoms with Crippen LogP contribution in [0.1, 0.15) is 121 Å². The fraction of sp³-hybridized carbons (Fsp3) is 0.594. The summed E-state index contributed by atoms with van der Waals surface area (Å²) in [7, 11) is 1.92. The number of aliphatic imine (C=N–C) groups is 3. The second-order valence-electron chi connectivity index (χ2n) is 27.0. The van der Waals surface area contributed by atoms with Crippen molar-refractivity contribution in [3.8, 4) is 5.75 Å². The first kappa shape index (κ1) is 92.1. The lowest BCUT2D eigenvalue weighted by Crippen LogP contribution is -2.61. The summed E-state index contributed by atoms with van der Waals surface area (Å²) in [5.41, 5.74) is 58.4. The van der Waals surface area contributed by atoms with Crippen LogP contribution < -0.4 is 116 Å². The van der Waals surface area contributed by atoms with Crippen molar-refractivity contribution >= 4 is 116 Å². The van der Waals surface area contributed by atoms with Crippen molar-refractivity contribution in [2.45, 2.75) is 189 Å². The molecule has 110 heavy (non-hydrogen) atoms. The average molecular weight is 1580 g/mol. The zero-order chi connectivity index (χ0) is 81.2. The summed E-state index contributed by atoms with van der Waals surface area (Å²) in [5.74, 6) is -12.3. The maximum absolute atomic E-state index is 15.1. The lowest BCUT2D eigenvalue weighted by Gasteiger charge is -2.31. The molecule has 0 bridgehead atoms. The SMILES string of the molecule is CC(C)C[C@H](NC(=O)[C@H](Cc1ccccc1)NC(=O)CNC(=O)CNC(=O)[C@@H](N)Cc1ccc(O)cc1)C(=O)N[C@@H](CCCN=C(N)N)C(=O)N[C@@H](CCCN=C(N)N)C(=O)N[C@@H]1CSSC[C@H](C(=O)N[C@@H](CCCCN)C(N)=O)NC(=O)[C@H](CCCCN)NC(=O)[C@@H]2CCCN2C(=O)[C@H](CCCN=C(N)N)NC1=O. The lowest BCUT2D eigenvalue weighted by atomic mass is 10.00.